The van der Waals surface area contributed by atoms with Crippen LogP contribution in [-0.2, 0) is 11.3 Å². The summed E-state index contributed by atoms with van der Waals surface area (Å²) in [5.41, 5.74) is 0.657. The lowest BCUT2D eigenvalue weighted by molar-refractivity contribution is 0.0920. The van der Waals surface area contributed by atoms with Gasteiger partial charge in [-0.15, -0.1) is 11.3 Å². The molecule has 20 heavy (non-hydrogen) atoms. The van der Waals surface area contributed by atoms with Gasteiger partial charge in [0.1, 0.15) is 0 Å². The zero-order valence-electron chi connectivity index (χ0n) is 11.4. The molecule has 7 heteroatoms. The fraction of sp³-hybridized carbons (Fsp3) is 0.538. The van der Waals surface area contributed by atoms with Crippen molar-refractivity contribution in [3.8, 4) is 0 Å². The van der Waals surface area contributed by atoms with Gasteiger partial charge in [-0.1, -0.05) is 0 Å². The summed E-state index contributed by atoms with van der Waals surface area (Å²) in [5.74, 6) is 0. The first-order chi connectivity index (χ1) is 9.54. The largest absolute Gasteiger partial charge is 0.389 e. The topological polar surface area (TPSA) is 67.1 Å². The molecule has 0 spiro atoms. The normalized spacial score (nSPS) is 23.0. The second-order valence-corrected chi connectivity index (χ2v) is 6.38. The van der Waals surface area contributed by atoms with E-state index >= 15 is 0 Å². The molecular weight excluding hydrogens is 278 g/mol. The molecule has 1 fully saturated rings. The van der Waals surface area contributed by atoms with E-state index in [4.69, 9.17) is 4.74 Å². The van der Waals surface area contributed by atoms with Gasteiger partial charge in [0.25, 0.3) is 5.56 Å². The van der Waals surface area contributed by atoms with Crippen LogP contribution in [0.1, 0.15) is 10.6 Å². The van der Waals surface area contributed by atoms with Crippen LogP contribution in [-0.4, -0.2) is 51.8 Å². The van der Waals surface area contributed by atoms with Crippen LogP contribution >= 0.6 is 11.3 Å². The van der Waals surface area contributed by atoms with E-state index in [0.29, 0.717) is 24.7 Å². The summed E-state index contributed by atoms with van der Waals surface area (Å²) < 4.78 is 6.82. The Morgan fingerprint density at radius 2 is 2.40 bits per heavy atom. The molecule has 3 rings (SSSR count). The summed E-state index contributed by atoms with van der Waals surface area (Å²) in [6.07, 6.45) is 1.33. The monoisotopic (exact) mass is 295 g/mol. The Bertz CT molecular complexity index is 681. The maximum absolute atomic E-state index is 12.0. The number of rotatable bonds is 3. The number of aliphatic hydroxyl groups is 1. The van der Waals surface area contributed by atoms with Crippen LogP contribution in [0.5, 0.6) is 0 Å². The lowest BCUT2D eigenvalue weighted by Crippen LogP contribution is -2.40. The van der Waals surface area contributed by atoms with Crippen LogP contribution in [0.2, 0.25) is 0 Å². The summed E-state index contributed by atoms with van der Waals surface area (Å²) in [5, 5.41) is 9.82. The van der Waals surface area contributed by atoms with Crippen molar-refractivity contribution in [3.05, 3.63) is 33.2 Å². The number of aliphatic hydroxyl groups excluding tert-OH is 1. The first-order valence-electron chi connectivity index (χ1n) is 6.49. The van der Waals surface area contributed by atoms with Crippen molar-refractivity contribution in [2.45, 2.75) is 25.6 Å². The van der Waals surface area contributed by atoms with Gasteiger partial charge in [-0.2, -0.15) is 0 Å². The van der Waals surface area contributed by atoms with Crippen molar-refractivity contribution in [2.75, 3.05) is 20.3 Å². The predicted molar refractivity (Wildman–Crippen MR) is 76.2 cm³/mol. The van der Waals surface area contributed by atoms with Crippen molar-refractivity contribution in [2.24, 2.45) is 0 Å². The number of thiazole rings is 1. The number of fused-ring (bicyclic) bond motifs is 1. The smallest absolute Gasteiger partial charge is 0.258 e. The zero-order chi connectivity index (χ0) is 14.3. The molecule has 1 saturated heterocycles. The highest BCUT2D eigenvalue weighted by atomic mass is 32.1. The average Bonchev–Trinajstić information content (AvgIpc) is 2.94. The highest BCUT2D eigenvalue weighted by Crippen LogP contribution is 2.16. The van der Waals surface area contributed by atoms with Gasteiger partial charge >= 0.3 is 0 Å². The van der Waals surface area contributed by atoms with Crippen LogP contribution in [0.3, 0.4) is 0 Å². The highest BCUT2D eigenvalue weighted by molar-refractivity contribution is 7.16. The number of ether oxygens (including phenoxy) is 1. The van der Waals surface area contributed by atoms with Crippen LogP contribution in [0.25, 0.3) is 4.96 Å². The van der Waals surface area contributed by atoms with Crippen LogP contribution in [0.4, 0.5) is 0 Å². The van der Waals surface area contributed by atoms with Gasteiger partial charge in [-0.05, 0) is 14.0 Å². The number of nitrogens with zero attached hydrogens (tertiary/aromatic N) is 3. The molecule has 2 aromatic rings. The minimum Gasteiger partial charge on any atom is -0.389 e. The Balaban J connectivity index is 1.85. The van der Waals surface area contributed by atoms with E-state index in [1.807, 2.05) is 18.9 Å². The van der Waals surface area contributed by atoms with E-state index in [2.05, 4.69) is 4.98 Å². The lowest BCUT2D eigenvalue weighted by atomic mass is 10.2. The third-order valence-corrected chi connectivity index (χ3v) is 4.43. The quantitative estimate of drug-likeness (QED) is 0.879. The fourth-order valence-electron chi connectivity index (χ4n) is 2.46. The fourth-order valence-corrected chi connectivity index (χ4v) is 3.31. The number of aryl methyl sites for hydroxylation is 1. The Morgan fingerprint density at radius 1 is 1.60 bits per heavy atom. The molecule has 0 saturated carbocycles. The van der Waals surface area contributed by atoms with Gasteiger partial charge < -0.3 is 9.84 Å². The minimum atomic E-state index is -0.478. The van der Waals surface area contributed by atoms with Crippen LogP contribution in [0, 0.1) is 6.92 Å². The van der Waals surface area contributed by atoms with Crippen molar-refractivity contribution in [3.63, 3.8) is 0 Å². The lowest BCUT2D eigenvalue weighted by Gasteiger charge is -2.24. The third-order valence-electron chi connectivity index (χ3n) is 3.53. The summed E-state index contributed by atoms with van der Waals surface area (Å²) >= 11 is 1.50. The minimum absolute atomic E-state index is 0.0414. The van der Waals surface area contributed by atoms with Gasteiger partial charge in [0.05, 0.1) is 31.1 Å². The Hall–Kier alpha value is -1.28. The average molecular weight is 295 g/mol. The molecule has 0 radical (unpaired) electrons. The maximum Gasteiger partial charge on any atom is 0.258 e. The van der Waals surface area contributed by atoms with Crippen molar-refractivity contribution >= 4 is 16.3 Å². The molecule has 1 N–H and O–H groups in total. The molecule has 0 amide bonds. The molecule has 2 atom stereocenters. The summed E-state index contributed by atoms with van der Waals surface area (Å²) in [7, 11) is 1.91. The van der Waals surface area contributed by atoms with Crippen LogP contribution < -0.4 is 5.56 Å². The molecule has 108 valence electrons. The Kier molecular flexibility index (Phi) is 3.59. The third kappa shape index (κ3) is 2.49. The standard InChI is InChI=1S/C13H17N3O3S/c1-8-4-16-12(18)3-9(14-13(16)20-8)5-15(2)10-6-19-7-11(10)17/h3-4,10-11,17H,5-7H2,1-2H3/t10-,11-/m0/s1. The molecule has 1 aliphatic heterocycles. The van der Waals surface area contributed by atoms with E-state index in [9.17, 15) is 9.90 Å². The number of aromatic nitrogens is 2. The summed E-state index contributed by atoms with van der Waals surface area (Å²) in [4.78, 5) is 20.3. The van der Waals surface area contributed by atoms with Gasteiger partial charge in [-0.3, -0.25) is 14.1 Å². The van der Waals surface area contributed by atoms with Crippen molar-refractivity contribution in [1.82, 2.24) is 14.3 Å². The van der Waals surface area contributed by atoms with Gasteiger partial charge in [0.15, 0.2) is 4.96 Å². The van der Waals surface area contributed by atoms with Gasteiger partial charge in [-0.25, -0.2) is 4.98 Å². The zero-order valence-corrected chi connectivity index (χ0v) is 12.3. The first kappa shape index (κ1) is 13.7. The summed E-state index contributed by atoms with van der Waals surface area (Å²) in [6.45, 7) is 3.36. The molecule has 1 aliphatic rings. The number of hydrogen-bond acceptors (Lipinski definition) is 6. The van der Waals surface area contributed by atoms with Gasteiger partial charge in [0, 0.05) is 23.7 Å². The number of likely N-dealkylation sites (N-methyl/N-ethyl adjacent to an activating group) is 1. The van der Waals surface area contributed by atoms with E-state index < -0.39 is 6.10 Å². The SMILES string of the molecule is Cc1cn2c(=O)cc(CN(C)[C@H]3COC[C@@H]3O)nc2s1. The molecule has 6 nitrogen and oxygen atoms in total. The van der Waals surface area contributed by atoms with E-state index in [-0.39, 0.29) is 11.6 Å². The van der Waals surface area contributed by atoms with Crippen LogP contribution in [0.15, 0.2) is 17.1 Å². The highest BCUT2D eigenvalue weighted by Gasteiger charge is 2.29. The van der Waals surface area contributed by atoms with E-state index in [0.717, 1.165) is 10.6 Å². The second kappa shape index (κ2) is 5.25. The summed E-state index contributed by atoms with van der Waals surface area (Å²) in [6, 6.07) is 1.51. The molecule has 0 bridgehead atoms. The molecular formula is C13H17N3O3S. The first-order valence-corrected chi connectivity index (χ1v) is 7.31. The molecule has 0 aliphatic carbocycles. The predicted octanol–water partition coefficient (Wildman–Crippen LogP) is 0.256. The van der Waals surface area contributed by atoms with Crippen molar-refractivity contribution in [1.29, 1.82) is 0 Å². The molecule has 0 unspecified atom stereocenters. The molecule has 0 aromatic carbocycles. The maximum atomic E-state index is 12.0. The van der Waals surface area contributed by atoms with E-state index in [1.54, 1.807) is 16.7 Å². The Labute approximate surface area is 120 Å². The van der Waals surface area contributed by atoms with Crippen molar-refractivity contribution < 1.29 is 9.84 Å². The van der Waals surface area contributed by atoms with Gasteiger partial charge in [0.2, 0.25) is 0 Å². The Morgan fingerprint density at radius 3 is 3.10 bits per heavy atom. The second-order valence-electron chi connectivity index (χ2n) is 5.17. The number of hydrogen-bond donors (Lipinski definition) is 1. The van der Waals surface area contributed by atoms with E-state index in [1.165, 1.54) is 11.3 Å². The molecule has 3 heterocycles. The molecule has 2 aromatic heterocycles.